The summed E-state index contributed by atoms with van der Waals surface area (Å²) in [4.78, 5) is 16.3. The van der Waals surface area contributed by atoms with Crippen LogP contribution in [0.3, 0.4) is 0 Å². The van der Waals surface area contributed by atoms with E-state index in [0.29, 0.717) is 18.8 Å². The Morgan fingerprint density at radius 3 is 3.10 bits per heavy atom. The monoisotopic (exact) mass is 282 g/mol. The van der Waals surface area contributed by atoms with Crippen LogP contribution in [0.15, 0.2) is 42.9 Å². The summed E-state index contributed by atoms with van der Waals surface area (Å²) in [5, 5.41) is 12.4. The number of nitrogens with two attached hydrogens (primary N) is 1. The predicted molar refractivity (Wildman–Crippen MR) is 78.8 cm³/mol. The van der Waals surface area contributed by atoms with Crippen LogP contribution in [0.5, 0.6) is 0 Å². The number of hydrogen-bond donors (Lipinski definition) is 2. The molecule has 1 aromatic carbocycles. The molecule has 0 aliphatic carbocycles. The fourth-order valence-corrected chi connectivity index (χ4v) is 2.05. The summed E-state index contributed by atoms with van der Waals surface area (Å²) in [6.45, 7) is 0.970. The highest BCUT2D eigenvalue weighted by molar-refractivity contribution is 6.07. The van der Waals surface area contributed by atoms with Gasteiger partial charge in [-0.3, -0.25) is 14.5 Å². The normalized spacial score (nSPS) is 10.7. The minimum atomic E-state index is -0.311. The maximum atomic E-state index is 12.2. The second kappa shape index (κ2) is 5.68. The van der Waals surface area contributed by atoms with Gasteiger partial charge in [-0.1, -0.05) is 17.3 Å². The molecule has 0 aliphatic rings. The summed E-state index contributed by atoms with van der Waals surface area (Å²) in [6.07, 6.45) is 5.01. The van der Waals surface area contributed by atoms with E-state index in [1.54, 1.807) is 23.3 Å². The fourth-order valence-electron chi connectivity index (χ4n) is 2.05. The highest BCUT2D eigenvalue weighted by Crippen LogP contribution is 2.22. The lowest BCUT2D eigenvalue weighted by Crippen LogP contribution is -2.13. The summed E-state index contributed by atoms with van der Waals surface area (Å²) in [5.41, 5.74) is 6.38. The van der Waals surface area contributed by atoms with Crippen molar-refractivity contribution in [1.29, 1.82) is 0 Å². The molecule has 0 unspecified atom stereocenters. The fraction of sp³-hybridized carbons (Fsp3) is 0.143. The van der Waals surface area contributed by atoms with Gasteiger partial charge in [0.2, 0.25) is 0 Å². The molecule has 0 aliphatic heterocycles. The van der Waals surface area contributed by atoms with E-state index in [9.17, 15) is 4.79 Å². The number of rotatable bonds is 4. The highest BCUT2D eigenvalue weighted by Gasteiger charge is 2.12. The molecule has 0 spiro atoms. The maximum Gasteiger partial charge on any atom is 0.277 e. The van der Waals surface area contributed by atoms with Crippen LogP contribution in [0.2, 0.25) is 0 Å². The Kier molecular flexibility index (Phi) is 3.57. The van der Waals surface area contributed by atoms with Gasteiger partial charge in [-0.05, 0) is 17.5 Å². The van der Waals surface area contributed by atoms with Crippen molar-refractivity contribution < 1.29 is 4.79 Å². The largest absolute Gasteiger partial charge is 0.329 e. The molecule has 0 bridgehead atoms. The minimum Gasteiger partial charge on any atom is -0.329 e. The first-order valence-corrected chi connectivity index (χ1v) is 6.52. The molecule has 0 saturated carbocycles. The lowest BCUT2D eigenvalue weighted by atomic mass is 10.1. The van der Waals surface area contributed by atoms with Crippen molar-refractivity contribution in [2.24, 2.45) is 5.73 Å². The van der Waals surface area contributed by atoms with E-state index in [2.05, 4.69) is 20.6 Å². The molecule has 3 N–H and O–H groups in total. The van der Waals surface area contributed by atoms with Gasteiger partial charge in [0.25, 0.3) is 5.91 Å². The van der Waals surface area contributed by atoms with Crippen LogP contribution < -0.4 is 11.1 Å². The van der Waals surface area contributed by atoms with Crippen LogP contribution in [0.25, 0.3) is 10.8 Å². The number of nitrogens with one attached hydrogen (secondary N) is 1. The van der Waals surface area contributed by atoms with Gasteiger partial charge in [-0.25, -0.2) is 0 Å². The molecule has 3 aromatic rings. The van der Waals surface area contributed by atoms with Crippen LogP contribution in [-0.4, -0.2) is 32.4 Å². The second-order valence-electron chi connectivity index (χ2n) is 4.51. The number of nitrogens with zero attached hydrogens (tertiary/aromatic N) is 4. The third-order valence-corrected chi connectivity index (χ3v) is 3.06. The van der Waals surface area contributed by atoms with Crippen molar-refractivity contribution in [3.8, 4) is 0 Å². The van der Waals surface area contributed by atoms with E-state index in [4.69, 9.17) is 5.73 Å². The van der Waals surface area contributed by atoms with Gasteiger partial charge in [0.1, 0.15) is 0 Å². The zero-order valence-electron chi connectivity index (χ0n) is 11.2. The molecular formula is C14H14N6O. The average Bonchev–Trinajstić information content (AvgIpc) is 2.97. The van der Waals surface area contributed by atoms with Crippen LogP contribution in [0.1, 0.15) is 10.5 Å². The molecule has 2 heterocycles. The molecule has 1 amide bonds. The quantitative estimate of drug-likeness (QED) is 0.745. The third-order valence-electron chi connectivity index (χ3n) is 3.06. The number of hydrogen-bond acceptors (Lipinski definition) is 5. The Bertz CT molecular complexity index is 776. The number of fused-ring (bicyclic) bond motifs is 1. The smallest absolute Gasteiger partial charge is 0.277 e. The highest BCUT2D eigenvalue weighted by atomic mass is 16.2. The SMILES string of the molecule is NCCn1cc(C(=O)Nc2cccc3ccncc23)nn1. The zero-order valence-corrected chi connectivity index (χ0v) is 11.2. The standard InChI is InChI=1S/C14H14N6O/c15-5-7-20-9-13(18-19-20)14(21)17-12-3-1-2-10-4-6-16-8-11(10)12/h1-4,6,8-9H,5,7,15H2,(H,17,21). The summed E-state index contributed by atoms with van der Waals surface area (Å²) in [7, 11) is 0. The van der Waals surface area contributed by atoms with Gasteiger partial charge in [0.15, 0.2) is 5.69 Å². The van der Waals surface area contributed by atoms with Crippen LogP contribution >= 0.6 is 0 Å². The van der Waals surface area contributed by atoms with Gasteiger partial charge in [-0.2, -0.15) is 0 Å². The van der Waals surface area contributed by atoms with Crippen molar-refractivity contribution in [1.82, 2.24) is 20.0 Å². The summed E-state index contributed by atoms with van der Waals surface area (Å²) >= 11 is 0. The zero-order chi connectivity index (χ0) is 14.7. The summed E-state index contributed by atoms with van der Waals surface area (Å²) < 4.78 is 1.54. The molecule has 2 aromatic heterocycles. The number of anilines is 1. The van der Waals surface area contributed by atoms with Crippen LogP contribution in [-0.2, 0) is 6.54 Å². The number of carbonyl (C=O) groups is 1. The minimum absolute atomic E-state index is 0.254. The molecule has 21 heavy (non-hydrogen) atoms. The number of aromatic nitrogens is 4. The lowest BCUT2D eigenvalue weighted by molar-refractivity contribution is 0.102. The molecule has 0 radical (unpaired) electrons. The van der Waals surface area contributed by atoms with Crippen molar-refractivity contribution in [2.75, 3.05) is 11.9 Å². The topological polar surface area (TPSA) is 98.7 Å². The Balaban J connectivity index is 1.85. The van der Waals surface area contributed by atoms with E-state index < -0.39 is 0 Å². The van der Waals surface area contributed by atoms with Crippen molar-refractivity contribution in [3.05, 3.63) is 48.5 Å². The van der Waals surface area contributed by atoms with E-state index in [1.807, 2.05) is 24.3 Å². The van der Waals surface area contributed by atoms with Gasteiger partial charge < -0.3 is 11.1 Å². The first-order valence-electron chi connectivity index (χ1n) is 6.52. The molecule has 3 rings (SSSR count). The first-order chi connectivity index (χ1) is 10.3. The van der Waals surface area contributed by atoms with Crippen LogP contribution in [0, 0.1) is 0 Å². The van der Waals surface area contributed by atoms with E-state index in [-0.39, 0.29) is 11.6 Å². The summed E-state index contributed by atoms with van der Waals surface area (Å²) in [5.74, 6) is -0.311. The Morgan fingerprint density at radius 1 is 1.33 bits per heavy atom. The second-order valence-corrected chi connectivity index (χ2v) is 4.51. The van der Waals surface area contributed by atoms with Crippen LogP contribution in [0.4, 0.5) is 5.69 Å². The number of amides is 1. The number of pyridine rings is 1. The first kappa shape index (κ1) is 13.2. The molecule has 7 nitrogen and oxygen atoms in total. The molecule has 7 heteroatoms. The maximum absolute atomic E-state index is 12.2. The Hall–Kier alpha value is -2.80. The molecule has 0 atom stereocenters. The molecular weight excluding hydrogens is 268 g/mol. The molecule has 0 fully saturated rings. The van der Waals surface area contributed by atoms with Crippen molar-refractivity contribution in [3.63, 3.8) is 0 Å². The Labute approximate surface area is 120 Å². The number of benzene rings is 1. The van der Waals surface area contributed by atoms with Crippen molar-refractivity contribution in [2.45, 2.75) is 6.54 Å². The molecule has 0 saturated heterocycles. The van der Waals surface area contributed by atoms with E-state index in [1.165, 1.54) is 0 Å². The van der Waals surface area contributed by atoms with Gasteiger partial charge in [0.05, 0.1) is 18.4 Å². The Morgan fingerprint density at radius 2 is 2.24 bits per heavy atom. The van der Waals surface area contributed by atoms with E-state index in [0.717, 1.165) is 10.8 Å². The molecule has 106 valence electrons. The number of carbonyl (C=O) groups excluding carboxylic acids is 1. The average molecular weight is 282 g/mol. The lowest BCUT2D eigenvalue weighted by Gasteiger charge is -2.06. The van der Waals surface area contributed by atoms with Gasteiger partial charge in [0, 0.05) is 24.3 Å². The summed E-state index contributed by atoms with van der Waals surface area (Å²) in [6, 6.07) is 7.56. The predicted octanol–water partition coefficient (Wildman–Crippen LogP) is 1.04. The van der Waals surface area contributed by atoms with Gasteiger partial charge >= 0.3 is 0 Å². The van der Waals surface area contributed by atoms with Crippen molar-refractivity contribution >= 4 is 22.4 Å². The third kappa shape index (κ3) is 2.72. The van der Waals surface area contributed by atoms with Gasteiger partial charge in [-0.15, -0.1) is 5.10 Å². The van der Waals surface area contributed by atoms with E-state index >= 15 is 0 Å².